The number of hydrogen-bond acceptors (Lipinski definition) is 4. The van der Waals surface area contributed by atoms with Gasteiger partial charge < -0.3 is 25.0 Å². The van der Waals surface area contributed by atoms with Gasteiger partial charge in [0.15, 0.2) is 0 Å². The zero-order valence-electron chi connectivity index (χ0n) is 17.8. The van der Waals surface area contributed by atoms with Crippen LogP contribution in [0.15, 0.2) is 48.5 Å². The molecule has 2 aromatic rings. The highest BCUT2D eigenvalue weighted by atomic mass is 19.1. The second-order valence-electron chi connectivity index (χ2n) is 7.51. The molecule has 3 amide bonds. The van der Waals surface area contributed by atoms with Crippen molar-refractivity contribution in [2.45, 2.75) is 38.5 Å². The van der Waals surface area contributed by atoms with Crippen LogP contribution in [-0.4, -0.2) is 49.2 Å². The molecule has 2 N–H and O–H groups in total. The Morgan fingerprint density at radius 2 is 1.87 bits per heavy atom. The maximum Gasteiger partial charge on any atom is 0.319 e. The Hall–Kier alpha value is -3.13. The minimum atomic E-state index is -0.558. The number of amides is 3. The second kappa shape index (κ2) is 10.8. The first-order chi connectivity index (χ1) is 14.9. The van der Waals surface area contributed by atoms with E-state index in [9.17, 15) is 14.0 Å². The number of carbonyl (C=O) groups excluding carboxylic acids is 2. The van der Waals surface area contributed by atoms with E-state index >= 15 is 0 Å². The highest BCUT2D eigenvalue weighted by Gasteiger charge is 2.27. The fourth-order valence-corrected chi connectivity index (χ4v) is 3.44. The standard InChI is InChI=1S/C23H28FN3O4/c1-16(31-15-17-4-3-5-21(14-17)30-2)22(28)27-12-10-20(11-13-27)26-23(29)25-19-8-6-18(24)7-9-19/h3-9,14,16,20H,10-13,15H2,1-2H3,(H2,25,26,29)/t16-/m0/s1. The van der Waals surface area contributed by atoms with Crippen LogP contribution in [0.4, 0.5) is 14.9 Å². The average molecular weight is 429 g/mol. The second-order valence-corrected chi connectivity index (χ2v) is 7.51. The third-order valence-electron chi connectivity index (χ3n) is 5.23. The lowest BCUT2D eigenvalue weighted by Gasteiger charge is -2.33. The number of urea groups is 1. The number of carbonyl (C=O) groups is 2. The Morgan fingerprint density at radius 3 is 2.55 bits per heavy atom. The van der Waals surface area contributed by atoms with Crippen molar-refractivity contribution < 1.29 is 23.5 Å². The Labute approximate surface area is 181 Å². The van der Waals surface area contributed by atoms with Gasteiger partial charge in [-0.15, -0.1) is 0 Å². The van der Waals surface area contributed by atoms with Gasteiger partial charge in [-0.05, 0) is 61.7 Å². The predicted molar refractivity (Wildman–Crippen MR) is 115 cm³/mol. The molecule has 1 atom stereocenters. The summed E-state index contributed by atoms with van der Waals surface area (Å²) in [6.07, 6.45) is 0.758. The summed E-state index contributed by atoms with van der Waals surface area (Å²) in [6, 6.07) is 12.8. The Kier molecular flexibility index (Phi) is 7.83. The average Bonchev–Trinajstić information content (AvgIpc) is 2.79. The van der Waals surface area contributed by atoms with Gasteiger partial charge in [-0.25, -0.2) is 9.18 Å². The van der Waals surface area contributed by atoms with E-state index in [-0.39, 0.29) is 23.8 Å². The SMILES string of the molecule is COc1cccc(CO[C@@H](C)C(=O)N2CCC(NC(=O)Nc3ccc(F)cc3)CC2)c1. The van der Waals surface area contributed by atoms with Crippen LogP contribution in [0.2, 0.25) is 0 Å². The first kappa shape index (κ1) is 22.6. The molecule has 1 aliphatic rings. The number of methoxy groups -OCH3 is 1. The summed E-state index contributed by atoms with van der Waals surface area (Å²) in [5.74, 6) is 0.333. The molecule has 0 saturated carbocycles. The van der Waals surface area contributed by atoms with E-state index in [4.69, 9.17) is 9.47 Å². The fourth-order valence-electron chi connectivity index (χ4n) is 3.44. The molecule has 1 aliphatic heterocycles. The zero-order chi connectivity index (χ0) is 22.2. The smallest absolute Gasteiger partial charge is 0.319 e. The van der Waals surface area contributed by atoms with Gasteiger partial charge in [-0.1, -0.05) is 12.1 Å². The number of nitrogens with zero attached hydrogens (tertiary/aromatic N) is 1. The molecule has 0 bridgehead atoms. The van der Waals surface area contributed by atoms with Crippen molar-refractivity contribution >= 4 is 17.6 Å². The van der Waals surface area contributed by atoms with Crippen molar-refractivity contribution in [2.24, 2.45) is 0 Å². The maximum absolute atomic E-state index is 12.9. The van der Waals surface area contributed by atoms with Gasteiger partial charge in [0.2, 0.25) is 0 Å². The lowest BCUT2D eigenvalue weighted by molar-refractivity contribution is -0.144. The van der Waals surface area contributed by atoms with Crippen LogP contribution >= 0.6 is 0 Å². The van der Waals surface area contributed by atoms with E-state index < -0.39 is 6.10 Å². The molecule has 0 radical (unpaired) electrons. The van der Waals surface area contributed by atoms with Crippen LogP contribution < -0.4 is 15.4 Å². The molecule has 0 unspecified atom stereocenters. The van der Waals surface area contributed by atoms with Gasteiger partial charge in [-0.2, -0.15) is 0 Å². The maximum atomic E-state index is 12.9. The third-order valence-corrected chi connectivity index (χ3v) is 5.23. The van der Waals surface area contributed by atoms with E-state index in [1.807, 2.05) is 24.3 Å². The summed E-state index contributed by atoms with van der Waals surface area (Å²) in [4.78, 5) is 26.6. The minimum absolute atomic E-state index is 0.0301. The number of benzene rings is 2. The molecular weight excluding hydrogens is 401 g/mol. The number of anilines is 1. The number of piperidine rings is 1. The molecule has 31 heavy (non-hydrogen) atoms. The molecule has 2 aromatic carbocycles. The molecule has 166 valence electrons. The molecule has 8 heteroatoms. The van der Waals surface area contributed by atoms with Crippen LogP contribution in [0.25, 0.3) is 0 Å². The van der Waals surface area contributed by atoms with Gasteiger partial charge in [-0.3, -0.25) is 4.79 Å². The number of likely N-dealkylation sites (tertiary alicyclic amines) is 1. The van der Waals surface area contributed by atoms with Gasteiger partial charge in [0.1, 0.15) is 17.7 Å². The summed E-state index contributed by atoms with van der Waals surface area (Å²) >= 11 is 0. The highest BCUT2D eigenvalue weighted by molar-refractivity contribution is 5.89. The first-order valence-corrected chi connectivity index (χ1v) is 10.3. The number of rotatable bonds is 7. The normalized spacial score (nSPS) is 15.3. The number of hydrogen-bond donors (Lipinski definition) is 2. The largest absolute Gasteiger partial charge is 0.497 e. The van der Waals surface area contributed by atoms with Crippen LogP contribution in [0.5, 0.6) is 5.75 Å². The van der Waals surface area contributed by atoms with Crippen molar-refractivity contribution in [1.82, 2.24) is 10.2 Å². The van der Waals surface area contributed by atoms with E-state index in [1.165, 1.54) is 24.3 Å². The van der Waals surface area contributed by atoms with Gasteiger partial charge in [0.25, 0.3) is 5.91 Å². The molecule has 1 saturated heterocycles. The van der Waals surface area contributed by atoms with Gasteiger partial charge in [0, 0.05) is 24.8 Å². The zero-order valence-corrected chi connectivity index (χ0v) is 17.8. The van der Waals surface area contributed by atoms with E-state index in [0.717, 1.165) is 11.3 Å². The lowest BCUT2D eigenvalue weighted by Crippen LogP contribution is -2.49. The highest BCUT2D eigenvalue weighted by Crippen LogP contribution is 2.16. The Balaban J connectivity index is 1.40. The van der Waals surface area contributed by atoms with Crippen molar-refractivity contribution in [2.75, 3.05) is 25.5 Å². The summed E-state index contributed by atoms with van der Waals surface area (Å²) in [5, 5.41) is 5.59. The monoisotopic (exact) mass is 429 g/mol. The number of halogens is 1. The number of ether oxygens (including phenoxy) is 2. The molecule has 1 fully saturated rings. The minimum Gasteiger partial charge on any atom is -0.497 e. The Bertz CT molecular complexity index is 883. The van der Waals surface area contributed by atoms with Gasteiger partial charge in [0.05, 0.1) is 13.7 Å². The molecule has 1 heterocycles. The fraction of sp³-hybridized carbons (Fsp3) is 0.391. The first-order valence-electron chi connectivity index (χ1n) is 10.3. The lowest BCUT2D eigenvalue weighted by atomic mass is 10.0. The van der Waals surface area contributed by atoms with E-state index in [1.54, 1.807) is 18.9 Å². The van der Waals surface area contributed by atoms with Crippen molar-refractivity contribution in [1.29, 1.82) is 0 Å². The number of nitrogens with one attached hydrogen (secondary N) is 2. The van der Waals surface area contributed by atoms with Crippen LogP contribution in [0, 0.1) is 5.82 Å². The Morgan fingerprint density at radius 1 is 1.16 bits per heavy atom. The van der Waals surface area contributed by atoms with Crippen LogP contribution in [-0.2, 0) is 16.1 Å². The van der Waals surface area contributed by atoms with Crippen molar-refractivity contribution in [3.8, 4) is 5.75 Å². The van der Waals surface area contributed by atoms with Crippen molar-refractivity contribution in [3.05, 3.63) is 59.9 Å². The topological polar surface area (TPSA) is 79.9 Å². The third kappa shape index (κ3) is 6.68. The summed E-state index contributed by atoms with van der Waals surface area (Å²) in [6.45, 7) is 3.18. The van der Waals surface area contributed by atoms with Crippen LogP contribution in [0.1, 0.15) is 25.3 Å². The molecule has 0 aliphatic carbocycles. The summed E-state index contributed by atoms with van der Waals surface area (Å²) < 4.78 is 23.9. The summed E-state index contributed by atoms with van der Waals surface area (Å²) in [5.41, 5.74) is 1.46. The molecule has 0 spiro atoms. The molecule has 3 rings (SSSR count). The quantitative estimate of drug-likeness (QED) is 0.706. The van der Waals surface area contributed by atoms with Gasteiger partial charge >= 0.3 is 6.03 Å². The summed E-state index contributed by atoms with van der Waals surface area (Å²) in [7, 11) is 1.61. The molecular formula is C23H28FN3O4. The van der Waals surface area contributed by atoms with E-state index in [2.05, 4.69) is 10.6 Å². The molecule has 7 nitrogen and oxygen atoms in total. The van der Waals surface area contributed by atoms with Crippen LogP contribution in [0.3, 0.4) is 0 Å². The molecule has 0 aromatic heterocycles. The predicted octanol–water partition coefficient (Wildman–Crippen LogP) is 3.55. The van der Waals surface area contributed by atoms with Crippen molar-refractivity contribution in [3.63, 3.8) is 0 Å². The van der Waals surface area contributed by atoms with E-state index in [0.29, 0.717) is 38.2 Å².